The van der Waals surface area contributed by atoms with Crippen molar-refractivity contribution in [3.05, 3.63) is 40.5 Å². The Morgan fingerprint density at radius 3 is 2.71 bits per heavy atom. The normalized spacial score (nSPS) is 10.5. The first-order chi connectivity index (χ1) is 8.02. The molecule has 0 radical (unpaired) electrons. The smallest absolute Gasteiger partial charge is 0.254 e. The number of amides is 1. The van der Waals surface area contributed by atoms with Crippen molar-refractivity contribution < 1.29 is 4.79 Å². The Hall–Kier alpha value is -2.01. The van der Waals surface area contributed by atoms with E-state index in [-0.39, 0.29) is 11.4 Å². The fraction of sp³-hybridized carbons (Fsp3) is 0.0909. The van der Waals surface area contributed by atoms with Gasteiger partial charge in [0.15, 0.2) is 0 Å². The number of carbonyl (C=O) groups excluding carboxylic acids is 1. The number of nitrogens with two attached hydrogens (primary N) is 2. The summed E-state index contributed by atoms with van der Waals surface area (Å²) in [6.45, 7) is 1.88. The molecule has 0 fully saturated rings. The van der Waals surface area contributed by atoms with Crippen LogP contribution >= 0.6 is 11.6 Å². The molecule has 17 heavy (non-hydrogen) atoms. The fourth-order valence-corrected chi connectivity index (χ4v) is 1.92. The minimum absolute atomic E-state index is 0.185. The third-order valence-corrected chi connectivity index (χ3v) is 2.78. The minimum atomic E-state index is -0.613. The van der Waals surface area contributed by atoms with Gasteiger partial charge in [-0.1, -0.05) is 23.7 Å². The summed E-state index contributed by atoms with van der Waals surface area (Å²) >= 11 is 6.09. The Balaban J connectivity index is 2.66. The Labute approximate surface area is 103 Å². The molecule has 0 aliphatic rings. The summed E-state index contributed by atoms with van der Waals surface area (Å²) in [6, 6.07) is 5.44. The number of benzene rings is 1. The molecule has 0 atom stereocenters. The number of para-hydroxylation sites is 1. The monoisotopic (exact) mass is 250 g/mol. The van der Waals surface area contributed by atoms with Crippen LogP contribution in [0.2, 0.25) is 5.02 Å². The van der Waals surface area contributed by atoms with E-state index in [0.717, 1.165) is 5.56 Å². The number of anilines is 1. The molecule has 0 saturated carbocycles. The van der Waals surface area contributed by atoms with Crippen molar-refractivity contribution in [2.45, 2.75) is 6.92 Å². The van der Waals surface area contributed by atoms with E-state index in [9.17, 15) is 4.79 Å². The molecule has 0 unspecified atom stereocenters. The van der Waals surface area contributed by atoms with Gasteiger partial charge in [0.1, 0.15) is 11.4 Å². The molecule has 4 N–H and O–H groups in total. The van der Waals surface area contributed by atoms with Gasteiger partial charge < -0.3 is 11.5 Å². The van der Waals surface area contributed by atoms with Crippen LogP contribution < -0.4 is 11.5 Å². The van der Waals surface area contributed by atoms with Crippen LogP contribution in [0.15, 0.2) is 24.4 Å². The molecule has 2 rings (SSSR count). The lowest BCUT2D eigenvalue weighted by atomic mass is 10.2. The summed E-state index contributed by atoms with van der Waals surface area (Å²) in [5, 5.41) is 4.55. The molecular weight excluding hydrogens is 240 g/mol. The molecule has 1 amide bonds. The Morgan fingerprint density at radius 1 is 1.47 bits per heavy atom. The maximum Gasteiger partial charge on any atom is 0.254 e. The van der Waals surface area contributed by atoms with Crippen LogP contribution in [0, 0.1) is 6.92 Å². The van der Waals surface area contributed by atoms with Crippen molar-refractivity contribution >= 4 is 23.3 Å². The number of carbonyl (C=O) groups is 1. The van der Waals surface area contributed by atoms with Crippen molar-refractivity contribution in [2.24, 2.45) is 5.73 Å². The van der Waals surface area contributed by atoms with Crippen LogP contribution in [0.5, 0.6) is 0 Å². The molecule has 0 bridgehead atoms. The van der Waals surface area contributed by atoms with Crippen LogP contribution in [-0.2, 0) is 0 Å². The van der Waals surface area contributed by atoms with E-state index in [2.05, 4.69) is 5.10 Å². The van der Waals surface area contributed by atoms with Gasteiger partial charge in [-0.2, -0.15) is 5.10 Å². The van der Waals surface area contributed by atoms with Crippen LogP contribution in [-0.4, -0.2) is 15.7 Å². The van der Waals surface area contributed by atoms with Gasteiger partial charge >= 0.3 is 0 Å². The first-order valence-corrected chi connectivity index (χ1v) is 5.29. The number of aromatic nitrogens is 2. The lowest BCUT2D eigenvalue weighted by molar-refractivity contribution is 0.100. The van der Waals surface area contributed by atoms with Gasteiger partial charge in [0.05, 0.1) is 16.9 Å². The summed E-state index contributed by atoms with van der Waals surface area (Å²) in [7, 11) is 0. The molecule has 0 aliphatic heterocycles. The van der Waals surface area contributed by atoms with Gasteiger partial charge in [0.25, 0.3) is 5.91 Å². The zero-order valence-electron chi connectivity index (χ0n) is 9.14. The fourth-order valence-electron chi connectivity index (χ4n) is 1.62. The highest BCUT2D eigenvalue weighted by molar-refractivity contribution is 6.32. The first-order valence-electron chi connectivity index (χ1n) is 4.91. The molecule has 2 aromatic rings. The maximum atomic E-state index is 11.1. The Bertz CT molecular complexity index is 571. The summed E-state index contributed by atoms with van der Waals surface area (Å²) < 4.78 is 1.41. The number of nitrogens with zero attached hydrogens (tertiary/aromatic N) is 2. The van der Waals surface area contributed by atoms with Crippen LogP contribution in [0.3, 0.4) is 0 Å². The maximum absolute atomic E-state index is 11.1. The zero-order chi connectivity index (χ0) is 12.6. The summed E-state index contributed by atoms with van der Waals surface area (Å²) in [6.07, 6.45) is 1.33. The van der Waals surface area contributed by atoms with Gasteiger partial charge in [-0.25, -0.2) is 4.68 Å². The highest BCUT2D eigenvalue weighted by Crippen LogP contribution is 2.26. The number of halogens is 1. The van der Waals surface area contributed by atoms with Crippen molar-refractivity contribution in [1.29, 1.82) is 0 Å². The van der Waals surface area contributed by atoms with E-state index in [1.165, 1.54) is 10.9 Å². The predicted octanol–water partition coefficient (Wildman–Crippen LogP) is 1.52. The van der Waals surface area contributed by atoms with Crippen molar-refractivity contribution in [1.82, 2.24) is 9.78 Å². The molecular formula is C11H11ClN4O. The van der Waals surface area contributed by atoms with E-state index >= 15 is 0 Å². The lowest BCUT2D eigenvalue weighted by Gasteiger charge is -2.09. The SMILES string of the molecule is Cc1cccc(Cl)c1-n1ncc(C(N)=O)c1N. The standard InChI is InChI=1S/C11H11ClN4O/c1-6-3-2-4-8(12)9(6)16-10(13)7(5-15-16)11(14)17/h2-5H,13H2,1H3,(H2,14,17). The number of nitrogen functional groups attached to an aromatic ring is 1. The quantitative estimate of drug-likeness (QED) is 0.847. The third-order valence-electron chi connectivity index (χ3n) is 2.47. The molecule has 1 aromatic carbocycles. The van der Waals surface area contributed by atoms with E-state index < -0.39 is 5.91 Å². The van der Waals surface area contributed by atoms with Gasteiger partial charge in [-0.05, 0) is 18.6 Å². The molecule has 0 saturated heterocycles. The van der Waals surface area contributed by atoms with E-state index in [1.54, 1.807) is 6.07 Å². The molecule has 6 heteroatoms. The van der Waals surface area contributed by atoms with Crippen LogP contribution in [0.4, 0.5) is 5.82 Å². The second kappa shape index (κ2) is 4.10. The molecule has 88 valence electrons. The van der Waals surface area contributed by atoms with Crippen LogP contribution in [0.25, 0.3) is 5.69 Å². The van der Waals surface area contributed by atoms with Gasteiger partial charge in [-0.15, -0.1) is 0 Å². The van der Waals surface area contributed by atoms with Crippen molar-refractivity contribution in [3.8, 4) is 5.69 Å². The lowest BCUT2D eigenvalue weighted by Crippen LogP contribution is -2.13. The molecule has 5 nitrogen and oxygen atoms in total. The second-order valence-electron chi connectivity index (χ2n) is 3.62. The van der Waals surface area contributed by atoms with E-state index in [4.69, 9.17) is 23.1 Å². The zero-order valence-corrected chi connectivity index (χ0v) is 9.90. The Morgan fingerprint density at radius 2 is 2.18 bits per heavy atom. The van der Waals surface area contributed by atoms with Crippen LogP contribution in [0.1, 0.15) is 15.9 Å². The average molecular weight is 251 g/mol. The molecule has 0 spiro atoms. The van der Waals surface area contributed by atoms with Gasteiger partial charge in [0.2, 0.25) is 0 Å². The number of hydrogen-bond donors (Lipinski definition) is 2. The molecule has 1 aromatic heterocycles. The average Bonchev–Trinajstić information content (AvgIpc) is 2.61. The number of aryl methyl sites for hydroxylation is 1. The molecule has 1 heterocycles. The minimum Gasteiger partial charge on any atom is -0.383 e. The third kappa shape index (κ3) is 1.85. The largest absolute Gasteiger partial charge is 0.383 e. The number of hydrogen-bond acceptors (Lipinski definition) is 3. The summed E-state index contributed by atoms with van der Waals surface area (Å²) in [5.74, 6) is -0.424. The summed E-state index contributed by atoms with van der Waals surface area (Å²) in [5.41, 5.74) is 12.7. The highest BCUT2D eigenvalue weighted by Gasteiger charge is 2.16. The van der Waals surface area contributed by atoms with Gasteiger partial charge in [-0.3, -0.25) is 4.79 Å². The van der Waals surface area contributed by atoms with E-state index in [1.807, 2.05) is 19.1 Å². The van der Waals surface area contributed by atoms with Crippen molar-refractivity contribution in [3.63, 3.8) is 0 Å². The molecule has 0 aliphatic carbocycles. The summed E-state index contributed by atoms with van der Waals surface area (Å²) in [4.78, 5) is 11.1. The number of rotatable bonds is 2. The van der Waals surface area contributed by atoms with E-state index in [0.29, 0.717) is 10.7 Å². The first kappa shape index (κ1) is 11.5. The predicted molar refractivity (Wildman–Crippen MR) is 66.2 cm³/mol. The number of primary amides is 1. The van der Waals surface area contributed by atoms with Crippen molar-refractivity contribution in [2.75, 3.05) is 5.73 Å². The topological polar surface area (TPSA) is 86.9 Å². The Kier molecular flexibility index (Phi) is 2.77. The highest BCUT2D eigenvalue weighted by atomic mass is 35.5. The van der Waals surface area contributed by atoms with Gasteiger partial charge in [0, 0.05) is 0 Å². The second-order valence-corrected chi connectivity index (χ2v) is 4.03.